The molecule has 1 aromatic heterocycles. The standard InChI is InChI=1S/C21H20N2O4/c24-20(23-10-12-26-13-11-23)19(15-6-2-1-3-7-15)27-21(25)17-14-22-18-9-5-4-8-16(17)18/h1-9,14,19,22H,10-13H2. The third-order valence-corrected chi connectivity index (χ3v) is 4.68. The fourth-order valence-corrected chi connectivity index (χ4v) is 3.25. The lowest BCUT2D eigenvalue weighted by molar-refractivity contribution is -0.145. The highest BCUT2D eigenvalue weighted by atomic mass is 16.5. The van der Waals surface area contributed by atoms with E-state index in [1.165, 1.54) is 0 Å². The summed E-state index contributed by atoms with van der Waals surface area (Å²) in [6.45, 7) is 1.97. The van der Waals surface area contributed by atoms with Gasteiger partial charge in [0.1, 0.15) is 0 Å². The van der Waals surface area contributed by atoms with Crippen molar-refractivity contribution >= 4 is 22.8 Å². The van der Waals surface area contributed by atoms with Crippen LogP contribution in [0, 0.1) is 0 Å². The van der Waals surface area contributed by atoms with Gasteiger partial charge >= 0.3 is 5.97 Å². The Morgan fingerprint density at radius 1 is 1.00 bits per heavy atom. The number of para-hydroxylation sites is 1. The first-order valence-corrected chi connectivity index (χ1v) is 8.92. The number of hydrogen-bond donors (Lipinski definition) is 1. The number of fused-ring (bicyclic) bond motifs is 1. The molecule has 0 spiro atoms. The molecule has 1 atom stereocenters. The van der Waals surface area contributed by atoms with Crippen molar-refractivity contribution in [2.24, 2.45) is 0 Å². The van der Waals surface area contributed by atoms with Crippen LogP contribution in [0.3, 0.4) is 0 Å². The smallest absolute Gasteiger partial charge is 0.341 e. The topological polar surface area (TPSA) is 71.6 Å². The number of rotatable bonds is 4. The van der Waals surface area contributed by atoms with Crippen molar-refractivity contribution in [1.29, 1.82) is 0 Å². The molecule has 138 valence electrons. The van der Waals surface area contributed by atoms with Crippen molar-refractivity contribution in [2.45, 2.75) is 6.10 Å². The van der Waals surface area contributed by atoms with Gasteiger partial charge in [-0.2, -0.15) is 0 Å². The van der Waals surface area contributed by atoms with E-state index in [0.717, 1.165) is 10.9 Å². The second-order valence-corrected chi connectivity index (χ2v) is 6.38. The zero-order valence-corrected chi connectivity index (χ0v) is 14.8. The summed E-state index contributed by atoms with van der Waals surface area (Å²) >= 11 is 0. The lowest BCUT2D eigenvalue weighted by Crippen LogP contribution is -2.44. The molecule has 1 aliphatic heterocycles. The molecule has 1 saturated heterocycles. The van der Waals surface area contributed by atoms with Crippen LogP contribution in [0.25, 0.3) is 10.9 Å². The fourth-order valence-electron chi connectivity index (χ4n) is 3.25. The summed E-state index contributed by atoms with van der Waals surface area (Å²) in [7, 11) is 0. The third-order valence-electron chi connectivity index (χ3n) is 4.68. The maximum Gasteiger partial charge on any atom is 0.341 e. The number of hydrogen-bond acceptors (Lipinski definition) is 4. The van der Waals surface area contributed by atoms with E-state index in [1.807, 2.05) is 42.5 Å². The van der Waals surface area contributed by atoms with Crippen LogP contribution in [-0.2, 0) is 14.3 Å². The Hall–Kier alpha value is -3.12. The second kappa shape index (κ2) is 7.63. The van der Waals surface area contributed by atoms with Gasteiger partial charge < -0.3 is 19.4 Å². The Labute approximate surface area is 156 Å². The highest BCUT2D eigenvalue weighted by molar-refractivity contribution is 6.04. The number of amides is 1. The first kappa shape index (κ1) is 17.3. The van der Waals surface area contributed by atoms with Gasteiger partial charge in [0, 0.05) is 35.8 Å². The van der Waals surface area contributed by atoms with E-state index < -0.39 is 12.1 Å². The Balaban J connectivity index is 1.62. The van der Waals surface area contributed by atoms with Crippen molar-refractivity contribution in [3.05, 3.63) is 71.9 Å². The predicted octanol–water partition coefficient (Wildman–Crippen LogP) is 2.92. The third kappa shape index (κ3) is 3.57. The summed E-state index contributed by atoms with van der Waals surface area (Å²) in [5, 5.41) is 0.771. The molecule has 0 aliphatic carbocycles. The molecular weight excluding hydrogens is 344 g/mol. The van der Waals surface area contributed by atoms with Crippen LogP contribution >= 0.6 is 0 Å². The van der Waals surface area contributed by atoms with Crippen LogP contribution in [0.2, 0.25) is 0 Å². The van der Waals surface area contributed by atoms with E-state index in [4.69, 9.17) is 9.47 Å². The zero-order valence-electron chi connectivity index (χ0n) is 14.8. The highest BCUT2D eigenvalue weighted by Gasteiger charge is 2.31. The molecule has 1 fully saturated rings. The lowest BCUT2D eigenvalue weighted by atomic mass is 10.1. The molecule has 27 heavy (non-hydrogen) atoms. The summed E-state index contributed by atoms with van der Waals surface area (Å²) in [6, 6.07) is 16.6. The van der Waals surface area contributed by atoms with E-state index in [1.54, 1.807) is 23.2 Å². The van der Waals surface area contributed by atoms with Gasteiger partial charge in [-0.1, -0.05) is 48.5 Å². The van der Waals surface area contributed by atoms with Crippen molar-refractivity contribution < 1.29 is 19.1 Å². The largest absolute Gasteiger partial charge is 0.444 e. The molecule has 1 amide bonds. The number of esters is 1. The number of aromatic nitrogens is 1. The predicted molar refractivity (Wildman–Crippen MR) is 100 cm³/mol. The first-order valence-electron chi connectivity index (χ1n) is 8.92. The summed E-state index contributed by atoms with van der Waals surface area (Å²) in [5.41, 5.74) is 1.92. The quantitative estimate of drug-likeness (QED) is 0.723. The number of morpholine rings is 1. The Morgan fingerprint density at radius 3 is 2.48 bits per heavy atom. The molecule has 0 radical (unpaired) electrons. The fraction of sp³-hybridized carbons (Fsp3) is 0.238. The van der Waals surface area contributed by atoms with Gasteiger partial charge in [0.2, 0.25) is 6.10 Å². The Bertz CT molecular complexity index is 945. The Morgan fingerprint density at radius 2 is 1.70 bits per heavy atom. The number of nitrogens with zero attached hydrogens (tertiary/aromatic N) is 1. The van der Waals surface area contributed by atoms with Gasteiger partial charge in [-0.05, 0) is 6.07 Å². The molecular formula is C21H20N2O4. The molecule has 6 heteroatoms. The second-order valence-electron chi connectivity index (χ2n) is 6.38. The van der Waals surface area contributed by atoms with Crippen LogP contribution < -0.4 is 0 Å². The number of nitrogens with one attached hydrogen (secondary N) is 1. The molecule has 3 aromatic rings. The van der Waals surface area contributed by atoms with Gasteiger partial charge in [-0.15, -0.1) is 0 Å². The zero-order chi connectivity index (χ0) is 18.6. The highest BCUT2D eigenvalue weighted by Crippen LogP contribution is 2.25. The van der Waals surface area contributed by atoms with Crippen LogP contribution in [0.15, 0.2) is 60.8 Å². The summed E-state index contributed by atoms with van der Waals surface area (Å²) < 4.78 is 11.0. The summed E-state index contributed by atoms with van der Waals surface area (Å²) in [4.78, 5) is 30.7. The van der Waals surface area contributed by atoms with Crippen LogP contribution in [0.5, 0.6) is 0 Å². The average molecular weight is 364 g/mol. The first-order chi connectivity index (χ1) is 13.2. The van der Waals surface area contributed by atoms with Gasteiger partial charge in [-0.3, -0.25) is 4.79 Å². The number of ether oxygens (including phenoxy) is 2. The van der Waals surface area contributed by atoms with Crippen molar-refractivity contribution in [2.75, 3.05) is 26.3 Å². The van der Waals surface area contributed by atoms with Gasteiger partial charge in [0.15, 0.2) is 0 Å². The molecule has 2 heterocycles. The number of H-pyrrole nitrogens is 1. The minimum atomic E-state index is -0.981. The normalized spacial score (nSPS) is 15.5. The van der Waals surface area contributed by atoms with Crippen molar-refractivity contribution in [3.8, 4) is 0 Å². The van der Waals surface area contributed by atoms with Crippen LogP contribution in [0.1, 0.15) is 22.0 Å². The SMILES string of the molecule is O=C(OC(C(=O)N1CCOCC1)c1ccccc1)c1c[nH]c2ccccc12. The van der Waals surface area contributed by atoms with E-state index >= 15 is 0 Å². The molecule has 0 bridgehead atoms. The minimum absolute atomic E-state index is 0.224. The summed E-state index contributed by atoms with van der Waals surface area (Å²) in [5.74, 6) is -0.749. The van der Waals surface area contributed by atoms with Gasteiger partial charge in [0.25, 0.3) is 5.91 Å². The maximum absolute atomic E-state index is 13.1. The lowest BCUT2D eigenvalue weighted by Gasteiger charge is -2.30. The van der Waals surface area contributed by atoms with E-state index in [-0.39, 0.29) is 5.91 Å². The Kier molecular flexibility index (Phi) is 4.89. The molecule has 6 nitrogen and oxygen atoms in total. The van der Waals surface area contributed by atoms with E-state index in [9.17, 15) is 9.59 Å². The molecule has 1 aliphatic rings. The van der Waals surface area contributed by atoms with Crippen molar-refractivity contribution in [1.82, 2.24) is 9.88 Å². The molecule has 2 aromatic carbocycles. The van der Waals surface area contributed by atoms with E-state index in [0.29, 0.717) is 37.4 Å². The number of benzene rings is 2. The van der Waals surface area contributed by atoms with E-state index in [2.05, 4.69) is 4.98 Å². The number of aromatic amines is 1. The molecule has 4 rings (SSSR count). The number of carbonyl (C=O) groups is 2. The van der Waals surface area contributed by atoms with Crippen LogP contribution in [-0.4, -0.2) is 48.1 Å². The molecule has 1 N–H and O–H groups in total. The van der Waals surface area contributed by atoms with Gasteiger partial charge in [0.05, 0.1) is 18.8 Å². The maximum atomic E-state index is 13.1. The minimum Gasteiger partial charge on any atom is -0.444 e. The molecule has 0 saturated carbocycles. The number of carbonyl (C=O) groups excluding carboxylic acids is 2. The van der Waals surface area contributed by atoms with Gasteiger partial charge in [-0.25, -0.2) is 4.79 Å². The van der Waals surface area contributed by atoms with Crippen molar-refractivity contribution in [3.63, 3.8) is 0 Å². The summed E-state index contributed by atoms with van der Waals surface area (Å²) in [6.07, 6.45) is 0.638. The van der Waals surface area contributed by atoms with Crippen LogP contribution in [0.4, 0.5) is 0 Å². The average Bonchev–Trinajstić information content (AvgIpc) is 3.17. The molecule has 1 unspecified atom stereocenters. The monoisotopic (exact) mass is 364 g/mol.